The standard InChI is InChI=1S/C15H21N3O2S/c1-13-6-3-2-4-9-18(13)21(19,20)15-10-14(7-5-8-16)11-17-12-15/h10-13H,2-4,6,8-9,16H2,1H3. The first-order valence-electron chi connectivity index (χ1n) is 7.21. The molecular formula is C15H21N3O2S. The van der Waals surface area contributed by atoms with Crippen LogP contribution < -0.4 is 5.73 Å². The predicted molar refractivity (Wildman–Crippen MR) is 82.0 cm³/mol. The van der Waals surface area contributed by atoms with Crippen LogP contribution in [0.25, 0.3) is 0 Å². The minimum absolute atomic E-state index is 0.0243. The monoisotopic (exact) mass is 307 g/mol. The first-order chi connectivity index (χ1) is 10.1. The maximum absolute atomic E-state index is 12.8. The van der Waals surface area contributed by atoms with Crippen LogP contribution in [-0.2, 0) is 10.0 Å². The van der Waals surface area contributed by atoms with Gasteiger partial charge in [0.15, 0.2) is 0 Å². The largest absolute Gasteiger partial charge is 0.320 e. The Kier molecular flexibility index (Phi) is 5.34. The van der Waals surface area contributed by atoms with Crippen molar-refractivity contribution in [3.05, 3.63) is 24.0 Å². The molecule has 1 atom stereocenters. The first kappa shape index (κ1) is 16.0. The molecule has 21 heavy (non-hydrogen) atoms. The number of rotatable bonds is 2. The maximum Gasteiger partial charge on any atom is 0.244 e. The SMILES string of the molecule is CC1CCCCCN1S(=O)(=O)c1cncc(C#CCN)c1. The Morgan fingerprint density at radius 3 is 2.95 bits per heavy atom. The van der Waals surface area contributed by atoms with Crippen molar-refractivity contribution in [2.24, 2.45) is 5.73 Å². The second kappa shape index (κ2) is 7.03. The molecule has 1 saturated heterocycles. The summed E-state index contributed by atoms with van der Waals surface area (Å²) < 4.78 is 27.2. The van der Waals surface area contributed by atoms with Crippen LogP contribution in [-0.4, -0.2) is 36.8 Å². The van der Waals surface area contributed by atoms with E-state index in [0.29, 0.717) is 12.1 Å². The van der Waals surface area contributed by atoms with Crippen molar-refractivity contribution in [3.63, 3.8) is 0 Å². The topological polar surface area (TPSA) is 76.3 Å². The quantitative estimate of drug-likeness (QED) is 0.837. The molecule has 1 unspecified atom stereocenters. The number of aromatic nitrogens is 1. The Bertz CT molecular complexity index is 646. The highest BCUT2D eigenvalue weighted by Gasteiger charge is 2.30. The lowest BCUT2D eigenvalue weighted by Crippen LogP contribution is -2.38. The summed E-state index contributed by atoms with van der Waals surface area (Å²) in [6, 6.07) is 1.60. The van der Waals surface area contributed by atoms with E-state index >= 15 is 0 Å². The van der Waals surface area contributed by atoms with Crippen molar-refractivity contribution in [1.82, 2.24) is 9.29 Å². The molecule has 1 fully saturated rings. The summed E-state index contributed by atoms with van der Waals surface area (Å²) in [5, 5.41) is 0. The molecule has 2 heterocycles. The average molecular weight is 307 g/mol. The molecule has 1 aromatic rings. The van der Waals surface area contributed by atoms with Crippen LogP contribution in [0.2, 0.25) is 0 Å². The van der Waals surface area contributed by atoms with E-state index in [1.807, 2.05) is 6.92 Å². The van der Waals surface area contributed by atoms with Gasteiger partial charge in [-0.15, -0.1) is 0 Å². The van der Waals surface area contributed by atoms with Gasteiger partial charge in [-0.2, -0.15) is 4.31 Å². The molecule has 0 bridgehead atoms. The molecule has 0 amide bonds. The molecule has 5 nitrogen and oxygen atoms in total. The Hall–Kier alpha value is -1.42. The molecule has 2 N–H and O–H groups in total. The Balaban J connectivity index is 2.34. The summed E-state index contributed by atoms with van der Waals surface area (Å²) in [7, 11) is -3.51. The molecule has 6 heteroatoms. The van der Waals surface area contributed by atoms with E-state index in [0.717, 1.165) is 25.7 Å². The van der Waals surface area contributed by atoms with Gasteiger partial charge in [0.1, 0.15) is 4.90 Å². The third-order valence-electron chi connectivity index (χ3n) is 3.65. The van der Waals surface area contributed by atoms with E-state index < -0.39 is 10.0 Å². The molecule has 1 aliphatic heterocycles. The Morgan fingerprint density at radius 2 is 2.19 bits per heavy atom. The Labute approximate surface area is 126 Å². The van der Waals surface area contributed by atoms with Gasteiger partial charge < -0.3 is 5.73 Å². The lowest BCUT2D eigenvalue weighted by Gasteiger charge is -2.26. The van der Waals surface area contributed by atoms with E-state index in [1.54, 1.807) is 16.6 Å². The number of hydrogen-bond donors (Lipinski definition) is 1. The van der Waals surface area contributed by atoms with Gasteiger partial charge in [-0.3, -0.25) is 4.98 Å². The van der Waals surface area contributed by atoms with Crippen molar-refractivity contribution in [2.45, 2.75) is 43.5 Å². The van der Waals surface area contributed by atoms with Crippen LogP contribution in [0.4, 0.5) is 0 Å². The van der Waals surface area contributed by atoms with Gasteiger partial charge in [0, 0.05) is 30.5 Å². The van der Waals surface area contributed by atoms with Gasteiger partial charge in [-0.25, -0.2) is 8.42 Å². The van der Waals surface area contributed by atoms with E-state index in [1.165, 1.54) is 6.20 Å². The zero-order chi connectivity index (χ0) is 15.3. The van der Waals surface area contributed by atoms with Crippen molar-refractivity contribution < 1.29 is 8.42 Å². The van der Waals surface area contributed by atoms with E-state index in [4.69, 9.17) is 5.73 Å². The number of nitrogens with zero attached hydrogens (tertiary/aromatic N) is 2. The molecule has 0 radical (unpaired) electrons. The highest BCUT2D eigenvalue weighted by atomic mass is 32.2. The number of nitrogens with two attached hydrogens (primary N) is 1. The van der Waals surface area contributed by atoms with Crippen molar-refractivity contribution in [3.8, 4) is 11.8 Å². The van der Waals surface area contributed by atoms with Gasteiger partial charge in [-0.1, -0.05) is 24.7 Å². The molecule has 2 rings (SSSR count). The molecule has 1 aliphatic rings. The van der Waals surface area contributed by atoms with Gasteiger partial charge >= 0.3 is 0 Å². The van der Waals surface area contributed by atoms with Gasteiger partial charge in [-0.05, 0) is 25.8 Å². The van der Waals surface area contributed by atoms with Crippen LogP contribution in [0.15, 0.2) is 23.4 Å². The lowest BCUT2D eigenvalue weighted by atomic mass is 10.1. The van der Waals surface area contributed by atoms with Gasteiger partial charge in [0.25, 0.3) is 0 Å². The normalized spacial score (nSPS) is 20.4. The molecule has 1 aromatic heterocycles. The van der Waals surface area contributed by atoms with E-state index in [2.05, 4.69) is 16.8 Å². The predicted octanol–water partition coefficient (Wildman–Crippen LogP) is 1.35. The number of sulfonamides is 1. The highest BCUT2D eigenvalue weighted by molar-refractivity contribution is 7.89. The van der Waals surface area contributed by atoms with Crippen molar-refractivity contribution >= 4 is 10.0 Å². The third-order valence-corrected chi connectivity index (χ3v) is 5.63. The second-order valence-electron chi connectivity index (χ2n) is 5.23. The van der Waals surface area contributed by atoms with Crippen molar-refractivity contribution in [2.75, 3.05) is 13.1 Å². The summed E-state index contributed by atoms with van der Waals surface area (Å²) >= 11 is 0. The minimum atomic E-state index is -3.51. The maximum atomic E-state index is 12.8. The number of hydrogen-bond acceptors (Lipinski definition) is 4. The zero-order valence-corrected chi connectivity index (χ0v) is 13.1. The number of pyridine rings is 1. The first-order valence-corrected chi connectivity index (χ1v) is 8.65. The van der Waals surface area contributed by atoms with Crippen LogP contribution in [0.1, 0.15) is 38.2 Å². The molecular weight excluding hydrogens is 286 g/mol. The van der Waals surface area contributed by atoms with E-state index in [9.17, 15) is 8.42 Å². The highest BCUT2D eigenvalue weighted by Crippen LogP contribution is 2.24. The van der Waals surface area contributed by atoms with Crippen LogP contribution in [0.5, 0.6) is 0 Å². The fourth-order valence-corrected chi connectivity index (χ4v) is 4.21. The fourth-order valence-electron chi connectivity index (χ4n) is 2.52. The van der Waals surface area contributed by atoms with Gasteiger partial charge in [0.2, 0.25) is 10.0 Å². The summed E-state index contributed by atoms with van der Waals surface area (Å²) in [6.07, 6.45) is 6.90. The van der Waals surface area contributed by atoms with Gasteiger partial charge in [0.05, 0.1) is 6.54 Å². The summed E-state index contributed by atoms with van der Waals surface area (Å²) in [4.78, 5) is 4.21. The lowest BCUT2D eigenvalue weighted by molar-refractivity contribution is 0.342. The summed E-state index contributed by atoms with van der Waals surface area (Å²) in [6.45, 7) is 2.77. The minimum Gasteiger partial charge on any atom is -0.320 e. The third kappa shape index (κ3) is 3.82. The molecule has 0 aromatic carbocycles. The summed E-state index contributed by atoms with van der Waals surface area (Å²) in [5.74, 6) is 5.53. The van der Waals surface area contributed by atoms with Crippen molar-refractivity contribution in [1.29, 1.82) is 0 Å². The molecule has 0 spiro atoms. The Morgan fingerprint density at radius 1 is 1.38 bits per heavy atom. The average Bonchev–Trinajstić information content (AvgIpc) is 2.70. The van der Waals surface area contributed by atoms with Crippen LogP contribution >= 0.6 is 0 Å². The molecule has 0 aliphatic carbocycles. The van der Waals surface area contributed by atoms with Crippen LogP contribution in [0.3, 0.4) is 0 Å². The summed E-state index contributed by atoms with van der Waals surface area (Å²) in [5.41, 5.74) is 5.91. The smallest absolute Gasteiger partial charge is 0.244 e. The fraction of sp³-hybridized carbons (Fsp3) is 0.533. The van der Waals surface area contributed by atoms with Crippen LogP contribution in [0, 0.1) is 11.8 Å². The van der Waals surface area contributed by atoms with E-state index in [-0.39, 0.29) is 17.5 Å². The second-order valence-corrected chi connectivity index (χ2v) is 7.12. The molecule has 114 valence electrons. The molecule has 0 saturated carbocycles. The zero-order valence-electron chi connectivity index (χ0n) is 12.2.